The Hall–Kier alpha value is -2.59. The van der Waals surface area contributed by atoms with Crippen LogP contribution in [-0.4, -0.2) is 30.0 Å². The third kappa shape index (κ3) is 5.23. The number of hydrogen-bond donors (Lipinski definition) is 1. The van der Waals surface area contributed by atoms with Crippen LogP contribution in [0.3, 0.4) is 0 Å². The van der Waals surface area contributed by atoms with Gasteiger partial charge in [-0.2, -0.15) is 0 Å². The lowest BCUT2D eigenvalue weighted by Crippen LogP contribution is -2.28. The minimum Gasteiger partial charge on any atom is -0.489 e. The lowest BCUT2D eigenvalue weighted by atomic mass is 9.94. The third-order valence-electron chi connectivity index (χ3n) is 4.89. The van der Waals surface area contributed by atoms with Crippen LogP contribution in [0, 0.1) is 6.92 Å². The van der Waals surface area contributed by atoms with Crippen LogP contribution in [0.1, 0.15) is 43.9 Å². The number of rotatable bonds is 6. The van der Waals surface area contributed by atoms with Gasteiger partial charge in [0.05, 0.1) is 11.8 Å². The molecule has 1 amide bonds. The molecule has 3 rings (SSSR count). The molecule has 1 aliphatic rings. The van der Waals surface area contributed by atoms with Gasteiger partial charge in [0.1, 0.15) is 5.75 Å². The largest absolute Gasteiger partial charge is 0.489 e. The van der Waals surface area contributed by atoms with Gasteiger partial charge < -0.3 is 10.1 Å². The minimum atomic E-state index is -0.0887. The average molecular weight is 379 g/mol. The summed E-state index contributed by atoms with van der Waals surface area (Å²) in [6.45, 7) is 10.6. The molecule has 0 aliphatic carbocycles. The topological polar surface area (TPSA) is 41.6 Å². The number of carbonyl (C=O) groups excluding carboxylic acids is 1. The molecule has 0 radical (unpaired) electrons. The summed E-state index contributed by atoms with van der Waals surface area (Å²) >= 11 is 0. The number of ether oxygens (including phenoxy) is 1. The Morgan fingerprint density at radius 3 is 2.57 bits per heavy atom. The van der Waals surface area contributed by atoms with Crippen molar-refractivity contribution in [3.05, 3.63) is 65.2 Å². The van der Waals surface area contributed by atoms with Crippen molar-refractivity contribution in [2.24, 2.45) is 0 Å². The van der Waals surface area contributed by atoms with E-state index in [9.17, 15) is 4.79 Å². The molecule has 148 valence electrons. The first kappa shape index (κ1) is 20.2. The Balaban J connectivity index is 1.80. The molecular weight excluding hydrogens is 348 g/mol. The quantitative estimate of drug-likeness (QED) is 0.766. The Kier molecular flexibility index (Phi) is 6.53. The summed E-state index contributed by atoms with van der Waals surface area (Å²) in [5.41, 5.74) is 5.81. The van der Waals surface area contributed by atoms with E-state index in [0.29, 0.717) is 0 Å². The highest BCUT2D eigenvalue weighted by atomic mass is 16.5. The van der Waals surface area contributed by atoms with E-state index < -0.39 is 0 Å². The first-order valence-electron chi connectivity index (χ1n) is 9.97. The monoisotopic (exact) mass is 378 g/mol. The van der Waals surface area contributed by atoms with Crippen LogP contribution in [0.25, 0.3) is 5.57 Å². The van der Waals surface area contributed by atoms with Gasteiger partial charge in [-0.1, -0.05) is 36.4 Å². The van der Waals surface area contributed by atoms with E-state index in [-0.39, 0.29) is 12.0 Å². The van der Waals surface area contributed by atoms with Gasteiger partial charge in [0.25, 0.3) is 0 Å². The molecule has 1 N–H and O–H groups in total. The van der Waals surface area contributed by atoms with Crippen molar-refractivity contribution in [1.82, 2.24) is 4.90 Å². The van der Waals surface area contributed by atoms with E-state index in [1.165, 1.54) is 23.6 Å². The number of nitrogens with zero attached hydrogens (tertiary/aromatic N) is 1. The van der Waals surface area contributed by atoms with Gasteiger partial charge in [0.2, 0.25) is 5.91 Å². The number of anilines is 1. The second-order valence-electron chi connectivity index (χ2n) is 7.71. The number of aryl methyl sites for hydroxylation is 1. The van der Waals surface area contributed by atoms with Gasteiger partial charge in [-0.15, -0.1) is 0 Å². The van der Waals surface area contributed by atoms with Crippen LogP contribution in [0.4, 0.5) is 5.69 Å². The molecule has 0 aromatic heterocycles. The smallest absolute Gasteiger partial charge is 0.221 e. The fraction of sp³-hybridized carbons (Fsp3) is 0.375. The highest BCUT2D eigenvalue weighted by molar-refractivity contribution is 5.91. The molecule has 4 heteroatoms. The second kappa shape index (κ2) is 9.07. The summed E-state index contributed by atoms with van der Waals surface area (Å²) in [6, 6.07) is 14.7. The zero-order valence-corrected chi connectivity index (χ0v) is 17.3. The highest BCUT2D eigenvalue weighted by Gasteiger charge is 2.18. The van der Waals surface area contributed by atoms with Gasteiger partial charge in [0.15, 0.2) is 0 Å². The molecule has 0 saturated heterocycles. The van der Waals surface area contributed by atoms with Crippen molar-refractivity contribution in [1.29, 1.82) is 0 Å². The molecule has 28 heavy (non-hydrogen) atoms. The van der Waals surface area contributed by atoms with Gasteiger partial charge in [0, 0.05) is 26.6 Å². The summed E-state index contributed by atoms with van der Waals surface area (Å²) in [5.74, 6) is 0.646. The van der Waals surface area contributed by atoms with Crippen molar-refractivity contribution in [2.45, 2.75) is 46.8 Å². The molecule has 1 heterocycles. The Morgan fingerprint density at radius 1 is 1.21 bits per heavy atom. The van der Waals surface area contributed by atoms with Crippen LogP contribution >= 0.6 is 0 Å². The number of hydrogen-bond acceptors (Lipinski definition) is 3. The number of carbonyl (C=O) groups is 1. The number of nitrogens with one attached hydrogen (secondary N) is 1. The zero-order chi connectivity index (χ0) is 20.1. The first-order chi connectivity index (χ1) is 13.4. The third-order valence-corrected chi connectivity index (χ3v) is 4.89. The minimum absolute atomic E-state index is 0.0461. The molecule has 0 saturated carbocycles. The Morgan fingerprint density at radius 2 is 1.96 bits per heavy atom. The average Bonchev–Trinajstić information content (AvgIpc) is 2.65. The maximum Gasteiger partial charge on any atom is 0.221 e. The first-order valence-corrected chi connectivity index (χ1v) is 9.97. The lowest BCUT2D eigenvalue weighted by Gasteiger charge is -2.27. The summed E-state index contributed by atoms with van der Waals surface area (Å²) in [6.07, 6.45) is 3.38. The van der Waals surface area contributed by atoms with Crippen molar-refractivity contribution < 1.29 is 9.53 Å². The van der Waals surface area contributed by atoms with Crippen molar-refractivity contribution in [3.8, 4) is 5.75 Å². The van der Waals surface area contributed by atoms with Crippen LogP contribution in [-0.2, 0) is 11.3 Å². The standard InChI is InChI=1S/C24H30N2O2/c1-17(2)28-24-15-22(18(3)14-23(24)25-19(4)27)21-10-12-26(13-11-21)16-20-8-6-5-7-9-20/h5-10,14-15,17H,11-13,16H2,1-4H3,(H,25,27). The van der Waals surface area contributed by atoms with Crippen molar-refractivity contribution >= 4 is 17.2 Å². The maximum atomic E-state index is 11.6. The predicted octanol–water partition coefficient (Wildman–Crippen LogP) is 5.03. The van der Waals surface area contributed by atoms with Crippen molar-refractivity contribution in [2.75, 3.05) is 18.4 Å². The maximum absolute atomic E-state index is 11.6. The highest BCUT2D eigenvalue weighted by Crippen LogP contribution is 2.35. The van der Waals surface area contributed by atoms with E-state index in [1.54, 1.807) is 0 Å². The summed E-state index contributed by atoms with van der Waals surface area (Å²) in [7, 11) is 0. The van der Waals surface area contributed by atoms with Gasteiger partial charge >= 0.3 is 0 Å². The molecule has 0 spiro atoms. The molecule has 0 atom stereocenters. The molecule has 4 nitrogen and oxygen atoms in total. The van der Waals surface area contributed by atoms with E-state index >= 15 is 0 Å². The van der Waals surface area contributed by atoms with Crippen LogP contribution in [0.15, 0.2) is 48.5 Å². The molecule has 1 aliphatic heterocycles. The van der Waals surface area contributed by atoms with Crippen LogP contribution in [0.2, 0.25) is 0 Å². The lowest BCUT2D eigenvalue weighted by molar-refractivity contribution is -0.114. The van der Waals surface area contributed by atoms with E-state index in [2.05, 4.69) is 59.6 Å². The van der Waals surface area contributed by atoms with Gasteiger partial charge in [-0.3, -0.25) is 9.69 Å². The van der Waals surface area contributed by atoms with E-state index in [0.717, 1.165) is 43.1 Å². The normalized spacial score (nSPS) is 14.7. The predicted molar refractivity (Wildman–Crippen MR) is 116 cm³/mol. The molecule has 0 bridgehead atoms. The van der Waals surface area contributed by atoms with Crippen LogP contribution < -0.4 is 10.1 Å². The van der Waals surface area contributed by atoms with E-state index in [1.807, 2.05) is 19.9 Å². The molecule has 2 aromatic carbocycles. The Bertz CT molecular complexity index is 856. The molecular formula is C24H30N2O2. The van der Waals surface area contributed by atoms with E-state index in [4.69, 9.17) is 4.74 Å². The van der Waals surface area contributed by atoms with Crippen LogP contribution in [0.5, 0.6) is 5.75 Å². The fourth-order valence-electron chi connectivity index (χ4n) is 3.61. The molecule has 2 aromatic rings. The Labute approximate surface area is 168 Å². The summed E-state index contributed by atoms with van der Waals surface area (Å²) in [5, 5.41) is 2.89. The molecule has 0 fully saturated rings. The number of amides is 1. The number of benzene rings is 2. The van der Waals surface area contributed by atoms with Gasteiger partial charge in [-0.05, 0) is 61.6 Å². The fourth-order valence-corrected chi connectivity index (χ4v) is 3.61. The second-order valence-corrected chi connectivity index (χ2v) is 7.71. The zero-order valence-electron chi connectivity index (χ0n) is 17.3. The summed E-state index contributed by atoms with van der Waals surface area (Å²) < 4.78 is 5.98. The molecule has 0 unspecified atom stereocenters. The van der Waals surface area contributed by atoms with Gasteiger partial charge in [-0.25, -0.2) is 0 Å². The van der Waals surface area contributed by atoms with Crippen molar-refractivity contribution in [3.63, 3.8) is 0 Å². The summed E-state index contributed by atoms with van der Waals surface area (Å²) in [4.78, 5) is 14.0. The SMILES string of the molecule is CC(=O)Nc1cc(C)c(C2=CCN(Cc3ccccc3)CC2)cc1OC(C)C.